The zero-order valence-corrected chi connectivity index (χ0v) is 44.6. The molecule has 6 aromatic rings. The van der Waals surface area contributed by atoms with Crippen LogP contribution in [0.3, 0.4) is 0 Å². The fourth-order valence-electron chi connectivity index (χ4n) is 10.4. The molecule has 5 aromatic carbocycles. The van der Waals surface area contributed by atoms with E-state index >= 15 is 4.57 Å². The number of hydrogen-bond acceptors (Lipinski definition) is 11. The first kappa shape index (κ1) is 51.6. The third kappa shape index (κ3) is 11.3. The van der Waals surface area contributed by atoms with Crippen LogP contribution in [0.5, 0.6) is 0 Å². The highest BCUT2D eigenvalue weighted by Gasteiger charge is 2.41. The molecular formula is C55H64ClN6O7PS2. The Morgan fingerprint density at radius 3 is 2.14 bits per heavy atom. The van der Waals surface area contributed by atoms with Gasteiger partial charge in [-0.1, -0.05) is 54.1 Å². The number of carboxylic acid groups (broad SMARTS) is 1. The lowest BCUT2D eigenvalue weighted by atomic mass is 9.96. The van der Waals surface area contributed by atoms with Gasteiger partial charge in [0.25, 0.3) is 0 Å². The van der Waals surface area contributed by atoms with Crippen molar-refractivity contribution >= 4 is 74.7 Å². The van der Waals surface area contributed by atoms with Gasteiger partial charge in [0.05, 0.1) is 46.4 Å². The molecule has 3 fully saturated rings. The monoisotopic (exact) mass is 1050 g/mol. The number of aliphatic hydroxyl groups is 1. The molecule has 3 aliphatic heterocycles. The highest BCUT2D eigenvalue weighted by atomic mass is 35.5. The van der Waals surface area contributed by atoms with Crippen LogP contribution in [0.2, 0.25) is 5.02 Å². The number of nitrogens with zero attached hydrogens (tertiary/aromatic N) is 5. The Morgan fingerprint density at radius 2 is 1.49 bits per heavy atom. The molecule has 0 spiro atoms. The Hall–Kier alpha value is -5.25. The van der Waals surface area contributed by atoms with Crippen LogP contribution >= 0.6 is 30.9 Å². The van der Waals surface area contributed by atoms with E-state index in [4.69, 9.17) is 16.1 Å². The molecule has 3 aliphatic rings. The molecular weight excluding hydrogens is 987 g/mol. The largest absolute Gasteiger partial charge is 0.478 e. The van der Waals surface area contributed by atoms with Crippen molar-refractivity contribution in [3.63, 3.8) is 0 Å². The van der Waals surface area contributed by atoms with Gasteiger partial charge in [-0.05, 0) is 130 Å². The molecule has 0 saturated carbocycles. The second-order valence-corrected chi connectivity index (χ2v) is 25.1. The molecule has 4 heterocycles. The fraction of sp³-hybridized carbons (Fsp3) is 0.364. The molecule has 3 N–H and O–H groups in total. The zero-order valence-electron chi connectivity index (χ0n) is 41.3. The number of benzene rings is 5. The number of carbonyl (C=O) groups is 1. The number of hydrogen-bond donors (Lipinski definition) is 3. The molecule has 72 heavy (non-hydrogen) atoms. The molecule has 1 aromatic heterocycles. The van der Waals surface area contributed by atoms with Crippen LogP contribution in [0.15, 0.2) is 131 Å². The first-order chi connectivity index (χ1) is 34.6. The van der Waals surface area contributed by atoms with E-state index in [1.54, 1.807) is 28.6 Å². The summed E-state index contributed by atoms with van der Waals surface area (Å²) in [5.41, 5.74) is 7.50. The van der Waals surface area contributed by atoms with Gasteiger partial charge >= 0.3 is 13.5 Å². The lowest BCUT2D eigenvalue weighted by molar-refractivity contribution is 0.0696. The smallest absolute Gasteiger partial charge is 0.338 e. The molecule has 0 unspecified atom stereocenters. The summed E-state index contributed by atoms with van der Waals surface area (Å²) in [5, 5.41) is 25.2. The summed E-state index contributed by atoms with van der Waals surface area (Å²) in [5.74, 6) is -0.259. The average molecular weight is 1050 g/mol. The molecule has 0 amide bonds. The van der Waals surface area contributed by atoms with E-state index < -0.39 is 23.3 Å². The SMILES string of the molecule is Cc1c(C(=O)O)c(-c2cccc(N3CCN(c4ccc(N5CCO[P@@]5(=O)c5ccc(N[C@H](CCN6CCC(O)CC6)CSc6ccccc6)c(S(C)(=O)=O)c5)cc4)CC3)c2)c(-c2ccc(Cl)cc2)n1C(C)C. The van der Waals surface area contributed by atoms with Gasteiger partial charge in [-0.25, -0.2) is 13.2 Å². The number of halogens is 1. The number of aromatic nitrogens is 1. The topological polar surface area (TPSA) is 148 Å². The van der Waals surface area contributed by atoms with E-state index in [2.05, 4.69) is 62.7 Å². The Bertz CT molecular complexity index is 3030. The summed E-state index contributed by atoms with van der Waals surface area (Å²) < 4.78 is 52.0. The highest BCUT2D eigenvalue weighted by molar-refractivity contribution is 7.99. The Balaban J connectivity index is 0.896. The maximum absolute atomic E-state index is 15.0. The van der Waals surface area contributed by atoms with Crippen molar-refractivity contribution in [2.45, 2.75) is 68.0 Å². The third-order valence-corrected chi connectivity index (χ3v) is 19.2. The zero-order chi connectivity index (χ0) is 50.7. The van der Waals surface area contributed by atoms with Gasteiger partial charge in [0.2, 0.25) is 0 Å². The maximum Gasteiger partial charge on any atom is 0.338 e. The number of nitrogens with one attached hydrogen (secondary N) is 1. The first-order valence-corrected chi connectivity index (χ1v) is 29.6. The lowest BCUT2D eigenvalue weighted by Gasteiger charge is -2.37. The van der Waals surface area contributed by atoms with Crippen molar-refractivity contribution in [1.82, 2.24) is 9.47 Å². The van der Waals surface area contributed by atoms with Gasteiger partial charge in [-0.15, -0.1) is 11.8 Å². The van der Waals surface area contributed by atoms with E-state index in [1.807, 2.05) is 85.8 Å². The summed E-state index contributed by atoms with van der Waals surface area (Å²) >= 11 is 8.00. The number of piperidine rings is 1. The number of piperazine rings is 1. The van der Waals surface area contributed by atoms with Crippen molar-refractivity contribution in [2.24, 2.45) is 0 Å². The predicted molar refractivity (Wildman–Crippen MR) is 294 cm³/mol. The standard InChI is InChI=1S/C55H64ClN6O7PS2/c1-38(2)62-39(3)52(55(64)65)53(54(62)40-13-15-42(56)16-14-40)41-9-8-10-46(35-41)60-31-29-59(30-32-60)44-17-19-45(20-18-44)61-33-34-69-70(61,66)48-21-22-50(51(36-48)72(4,67)68)57-43(37-71-49-11-6-5-7-12-49)23-26-58-27-24-47(63)25-28-58/h5-22,35-36,38,43,47,57,63H,23-34,37H2,1-4H3,(H,64,65)/t43-,70+/m1/s1. The molecule has 9 rings (SSSR count). The van der Waals surface area contributed by atoms with E-state index in [0.717, 1.165) is 104 Å². The highest BCUT2D eigenvalue weighted by Crippen LogP contribution is 2.56. The number of aliphatic hydroxyl groups excluding tert-OH is 1. The minimum atomic E-state index is -3.76. The number of likely N-dealkylation sites (tertiary alicyclic amines) is 1. The molecule has 0 aliphatic carbocycles. The van der Waals surface area contributed by atoms with Crippen LogP contribution in [0, 0.1) is 6.92 Å². The molecule has 2 atom stereocenters. The Labute approximate surface area is 433 Å². The van der Waals surface area contributed by atoms with Gasteiger partial charge in [0.1, 0.15) is 0 Å². The van der Waals surface area contributed by atoms with Gasteiger partial charge in [0, 0.05) is 108 Å². The van der Waals surface area contributed by atoms with E-state index in [1.165, 1.54) is 12.3 Å². The Kier molecular flexibility index (Phi) is 15.8. The average Bonchev–Trinajstić information content (AvgIpc) is 3.93. The van der Waals surface area contributed by atoms with Crippen molar-refractivity contribution in [2.75, 3.05) is 90.8 Å². The maximum atomic E-state index is 15.0. The number of aromatic carboxylic acids is 1. The molecule has 0 radical (unpaired) electrons. The van der Waals surface area contributed by atoms with Gasteiger partial charge in [0.15, 0.2) is 9.84 Å². The quantitative estimate of drug-likeness (QED) is 0.0589. The summed E-state index contributed by atoms with van der Waals surface area (Å²) in [4.78, 5) is 21.2. The Morgan fingerprint density at radius 1 is 0.819 bits per heavy atom. The number of thioether (sulfide) groups is 1. The molecule has 380 valence electrons. The third-order valence-electron chi connectivity index (χ3n) is 14.1. The summed E-state index contributed by atoms with van der Waals surface area (Å²) in [6.07, 6.45) is 3.20. The van der Waals surface area contributed by atoms with E-state index in [-0.39, 0.29) is 29.7 Å². The summed E-state index contributed by atoms with van der Waals surface area (Å²) in [6, 6.07) is 38.8. The van der Waals surface area contributed by atoms with Crippen LogP contribution in [-0.4, -0.2) is 117 Å². The molecule has 17 heteroatoms. The fourth-order valence-corrected chi connectivity index (χ4v) is 14.7. The van der Waals surface area contributed by atoms with Crippen LogP contribution in [0.1, 0.15) is 55.2 Å². The van der Waals surface area contributed by atoms with Crippen LogP contribution < -0.4 is 25.1 Å². The van der Waals surface area contributed by atoms with Crippen LogP contribution in [-0.2, 0) is 18.9 Å². The number of rotatable bonds is 17. The number of carboxylic acids is 1. The normalized spacial score (nSPS) is 18.5. The van der Waals surface area contributed by atoms with Crippen LogP contribution in [0.4, 0.5) is 22.7 Å². The van der Waals surface area contributed by atoms with Crippen molar-refractivity contribution in [1.29, 1.82) is 0 Å². The van der Waals surface area contributed by atoms with E-state index in [0.29, 0.717) is 45.1 Å². The van der Waals surface area contributed by atoms with Gasteiger partial charge in [-0.2, -0.15) is 0 Å². The number of anilines is 4. The van der Waals surface area contributed by atoms with Crippen molar-refractivity contribution in [3.8, 4) is 22.4 Å². The van der Waals surface area contributed by atoms with Crippen molar-refractivity contribution in [3.05, 3.63) is 138 Å². The molecule has 13 nitrogen and oxygen atoms in total. The molecule has 0 bridgehead atoms. The lowest BCUT2D eigenvalue weighted by Crippen LogP contribution is -2.46. The van der Waals surface area contributed by atoms with Crippen molar-refractivity contribution < 1.29 is 32.5 Å². The van der Waals surface area contributed by atoms with Gasteiger partial charge < -0.3 is 39.3 Å². The molecule has 3 saturated heterocycles. The summed E-state index contributed by atoms with van der Waals surface area (Å²) in [7, 11) is -7.46. The van der Waals surface area contributed by atoms with Gasteiger partial charge in [-0.3, -0.25) is 9.24 Å². The number of sulfone groups is 1. The second-order valence-electron chi connectivity index (χ2n) is 19.3. The predicted octanol–water partition coefficient (Wildman–Crippen LogP) is 10.6. The minimum absolute atomic E-state index is 0.0173. The minimum Gasteiger partial charge on any atom is -0.478 e. The van der Waals surface area contributed by atoms with Crippen LogP contribution in [0.25, 0.3) is 22.4 Å². The second kappa shape index (κ2) is 22.1. The first-order valence-electron chi connectivity index (χ1n) is 24.7. The summed E-state index contributed by atoms with van der Waals surface area (Å²) in [6.45, 7) is 12.1. The van der Waals surface area contributed by atoms with E-state index in [9.17, 15) is 23.4 Å².